The maximum Gasteiger partial charge on any atom is 0.300 e. The lowest BCUT2D eigenvalue weighted by Gasteiger charge is -2.14. The lowest BCUT2D eigenvalue weighted by molar-refractivity contribution is -0.134. The van der Waals surface area contributed by atoms with Gasteiger partial charge in [-0.1, -0.05) is 41.9 Å². The van der Waals surface area contributed by atoms with Crippen LogP contribution in [0.25, 0.3) is 5.69 Å². The van der Waals surface area contributed by atoms with Gasteiger partial charge in [-0.25, -0.2) is 0 Å². The Kier molecular flexibility index (Phi) is 8.29. The summed E-state index contributed by atoms with van der Waals surface area (Å²) >= 11 is 3.48. The molecule has 0 saturated carbocycles. The fourth-order valence-electron chi connectivity index (χ4n) is 2.94. The van der Waals surface area contributed by atoms with Gasteiger partial charge in [0.25, 0.3) is 5.97 Å². The van der Waals surface area contributed by atoms with Crippen molar-refractivity contribution in [2.45, 2.75) is 34.2 Å². The smallest absolute Gasteiger partial charge is 0.300 e. The molecule has 0 spiro atoms. The number of hydrogen-bond acceptors (Lipinski definition) is 5. The second kappa shape index (κ2) is 10.7. The number of methoxy groups -OCH3 is 1. The van der Waals surface area contributed by atoms with Gasteiger partial charge in [-0.2, -0.15) is 0 Å². The molecule has 0 fully saturated rings. The van der Waals surface area contributed by atoms with Crippen molar-refractivity contribution in [1.29, 1.82) is 0 Å². The monoisotopic (exact) mass is 472 g/mol. The molecule has 0 atom stereocenters. The highest BCUT2D eigenvalue weighted by atomic mass is 79.9. The van der Waals surface area contributed by atoms with Crippen molar-refractivity contribution in [2.75, 3.05) is 7.11 Å². The standard InChI is InChI=1S/C18H15BrN4O.C2H4O2.C2H6/c1-11-21-22-17-10-20-18(12-3-5-13(19)6-4-12)15-9-14(24-2)7-8-16(15)23(11)17;1-2(3)4;1-2/h3-9H,10H2,1-2H3;1H3,(H,3,4);1-2H3. The van der Waals surface area contributed by atoms with E-state index in [4.69, 9.17) is 19.6 Å². The van der Waals surface area contributed by atoms with Gasteiger partial charge in [0.15, 0.2) is 5.82 Å². The molecule has 2 heterocycles. The third-order valence-electron chi connectivity index (χ3n) is 4.09. The summed E-state index contributed by atoms with van der Waals surface area (Å²) < 4.78 is 8.52. The molecule has 30 heavy (non-hydrogen) atoms. The Bertz CT molecular complexity index is 1040. The molecular formula is C22H25BrN4O3. The molecule has 3 aromatic rings. The van der Waals surface area contributed by atoms with Gasteiger partial charge in [0, 0.05) is 22.5 Å². The fourth-order valence-corrected chi connectivity index (χ4v) is 3.20. The van der Waals surface area contributed by atoms with Gasteiger partial charge in [-0.3, -0.25) is 14.4 Å². The molecule has 2 aromatic carbocycles. The van der Waals surface area contributed by atoms with Crippen LogP contribution in [0.5, 0.6) is 5.75 Å². The molecule has 8 heteroatoms. The summed E-state index contributed by atoms with van der Waals surface area (Å²) in [5, 5.41) is 15.9. The number of aromatic nitrogens is 3. The fraction of sp³-hybridized carbons (Fsp3) is 0.273. The highest BCUT2D eigenvalue weighted by molar-refractivity contribution is 9.10. The molecule has 4 rings (SSSR count). The van der Waals surface area contributed by atoms with Crippen LogP contribution in [0.1, 0.15) is 43.5 Å². The highest BCUT2D eigenvalue weighted by Gasteiger charge is 2.22. The molecule has 1 aromatic heterocycles. The first kappa shape index (κ1) is 23.3. The van der Waals surface area contributed by atoms with Gasteiger partial charge in [-0.05, 0) is 37.3 Å². The number of aliphatic imine (C=N–C) groups is 1. The van der Waals surface area contributed by atoms with Crippen molar-refractivity contribution in [3.05, 3.63) is 69.7 Å². The Hall–Kier alpha value is -3.00. The van der Waals surface area contributed by atoms with Crippen LogP contribution >= 0.6 is 15.9 Å². The number of carbonyl (C=O) groups is 1. The summed E-state index contributed by atoms with van der Waals surface area (Å²) in [4.78, 5) is 13.8. The normalized spacial score (nSPS) is 11.3. The zero-order chi connectivity index (χ0) is 22.3. The summed E-state index contributed by atoms with van der Waals surface area (Å²) in [5.41, 5.74) is 4.02. The molecule has 0 amide bonds. The number of carboxylic acid groups (broad SMARTS) is 1. The van der Waals surface area contributed by atoms with Gasteiger partial charge in [0.05, 0.1) is 18.5 Å². The molecule has 1 N–H and O–H groups in total. The van der Waals surface area contributed by atoms with Gasteiger partial charge < -0.3 is 9.84 Å². The number of fused-ring (bicyclic) bond motifs is 3. The van der Waals surface area contributed by atoms with Crippen molar-refractivity contribution >= 4 is 27.6 Å². The molecule has 0 bridgehead atoms. The first-order chi connectivity index (χ1) is 14.4. The zero-order valence-electron chi connectivity index (χ0n) is 17.7. The number of aryl methyl sites for hydroxylation is 1. The van der Waals surface area contributed by atoms with Crippen LogP contribution in [0.3, 0.4) is 0 Å². The second-order valence-electron chi connectivity index (χ2n) is 6.07. The molecule has 1 aliphatic heterocycles. The van der Waals surface area contributed by atoms with Crippen LogP contribution in [0, 0.1) is 6.92 Å². The summed E-state index contributed by atoms with van der Waals surface area (Å²) in [6.07, 6.45) is 0. The Morgan fingerprint density at radius 3 is 2.37 bits per heavy atom. The number of ether oxygens (including phenoxy) is 1. The van der Waals surface area contributed by atoms with E-state index in [1.807, 2.05) is 51.1 Å². The van der Waals surface area contributed by atoms with Crippen molar-refractivity contribution in [3.8, 4) is 11.4 Å². The van der Waals surface area contributed by atoms with Crippen molar-refractivity contribution < 1.29 is 14.6 Å². The van der Waals surface area contributed by atoms with E-state index in [-0.39, 0.29) is 0 Å². The van der Waals surface area contributed by atoms with Crippen LogP contribution < -0.4 is 4.74 Å². The summed E-state index contributed by atoms with van der Waals surface area (Å²) in [7, 11) is 1.67. The number of halogens is 1. The van der Waals surface area contributed by atoms with E-state index in [1.165, 1.54) is 0 Å². The summed E-state index contributed by atoms with van der Waals surface area (Å²) in [5.74, 6) is 1.66. The first-order valence-corrected chi connectivity index (χ1v) is 10.3. The van der Waals surface area contributed by atoms with Gasteiger partial charge >= 0.3 is 0 Å². The number of carboxylic acids is 1. The minimum absolute atomic E-state index is 0.489. The van der Waals surface area contributed by atoms with Crippen molar-refractivity contribution in [1.82, 2.24) is 14.8 Å². The minimum Gasteiger partial charge on any atom is -0.497 e. The second-order valence-corrected chi connectivity index (χ2v) is 6.99. The number of nitrogens with zero attached hydrogens (tertiary/aromatic N) is 4. The van der Waals surface area contributed by atoms with E-state index < -0.39 is 5.97 Å². The number of aliphatic carboxylic acids is 1. The summed E-state index contributed by atoms with van der Waals surface area (Å²) in [6.45, 7) is 7.53. The van der Waals surface area contributed by atoms with Crippen LogP contribution in [-0.2, 0) is 11.3 Å². The Morgan fingerprint density at radius 2 is 1.77 bits per heavy atom. The Labute approximate surface area is 184 Å². The van der Waals surface area contributed by atoms with E-state index in [2.05, 4.69) is 42.8 Å². The topological polar surface area (TPSA) is 89.6 Å². The average molecular weight is 473 g/mol. The quantitative estimate of drug-likeness (QED) is 0.577. The minimum atomic E-state index is -0.833. The van der Waals surface area contributed by atoms with Crippen LogP contribution in [0.4, 0.5) is 0 Å². The predicted molar refractivity (Wildman–Crippen MR) is 121 cm³/mol. The largest absolute Gasteiger partial charge is 0.497 e. The maximum atomic E-state index is 9.00. The Balaban J connectivity index is 0.000000481. The van der Waals surface area contributed by atoms with Crippen LogP contribution in [0.2, 0.25) is 0 Å². The molecule has 1 aliphatic rings. The van der Waals surface area contributed by atoms with Gasteiger partial charge in [-0.15, -0.1) is 10.2 Å². The number of benzene rings is 2. The lowest BCUT2D eigenvalue weighted by atomic mass is 10.00. The lowest BCUT2D eigenvalue weighted by Crippen LogP contribution is -2.08. The third-order valence-corrected chi connectivity index (χ3v) is 4.62. The average Bonchev–Trinajstić information content (AvgIpc) is 3.01. The van der Waals surface area contributed by atoms with E-state index >= 15 is 0 Å². The molecule has 0 unspecified atom stereocenters. The molecule has 158 valence electrons. The van der Waals surface area contributed by atoms with Crippen molar-refractivity contribution in [2.24, 2.45) is 4.99 Å². The van der Waals surface area contributed by atoms with Crippen LogP contribution in [0.15, 0.2) is 51.9 Å². The third kappa shape index (κ3) is 5.33. The van der Waals surface area contributed by atoms with E-state index in [0.29, 0.717) is 6.54 Å². The van der Waals surface area contributed by atoms with Gasteiger partial charge in [0.2, 0.25) is 0 Å². The molecule has 0 saturated heterocycles. The van der Waals surface area contributed by atoms with Crippen LogP contribution in [-0.4, -0.2) is 38.7 Å². The van der Waals surface area contributed by atoms with E-state index in [1.54, 1.807) is 7.11 Å². The Morgan fingerprint density at radius 1 is 1.13 bits per heavy atom. The van der Waals surface area contributed by atoms with Gasteiger partial charge in [0.1, 0.15) is 18.1 Å². The molecule has 0 radical (unpaired) electrons. The number of rotatable bonds is 2. The SMILES string of the molecule is CC.CC(=O)O.COc1ccc2c(c1)C(c1ccc(Br)cc1)=NCc1nnc(C)n1-2. The zero-order valence-corrected chi connectivity index (χ0v) is 19.3. The predicted octanol–water partition coefficient (Wildman–Crippen LogP) is 4.81. The van der Waals surface area contributed by atoms with E-state index in [0.717, 1.165) is 51.3 Å². The van der Waals surface area contributed by atoms with E-state index in [9.17, 15) is 0 Å². The highest BCUT2D eigenvalue weighted by Crippen LogP contribution is 2.29. The molecule has 0 aliphatic carbocycles. The summed E-state index contributed by atoms with van der Waals surface area (Å²) in [6, 6.07) is 14.2. The number of hydrogen-bond donors (Lipinski definition) is 1. The molecular weight excluding hydrogens is 448 g/mol. The first-order valence-electron chi connectivity index (χ1n) is 9.50. The maximum absolute atomic E-state index is 9.00. The van der Waals surface area contributed by atoms with Crippen molar-refractivity contribution in [3.63, 3.8) is 0 Å². The molecule has 7 nitrogen and oxygen atoms in total.